The smallest absolute Gasteiger partial charge is 0.203 e. The van der Waals surface area contributed by atoms with Crippen molar-refractivity contribution in [2.75, 3.05) is 18.5 Å². The average Bonchev–Trinajstić information content (AvgIpc) is 2.72. The monoisotopic (exact) mass is 251 g/mol. The molecule has 4 heteroatoms. The summed E-state index contributed by atoms with van der Waals surface area (Å²) in [6.07, 6.45) is 9.10. The number of anilines is 1. The normalized spacial score (nSPS) is 17.0. The summed E-state index contributed by atoms with van der Waals surface area (Å²) in [6, 6.07) is 0. The third-order valence-corrected chi connectivity index (χ3v) is 3.47. The van der Waals surface area contributed by atoms with Crippen LogP contribution in [0.15, 0.2) is 6.20 Å². The maximum absolute atomic E-state index is 5.95. The van der Waals surface area contributed by atoms with Crippen LogP contribution in [0.5, 0.6) is 0 Å². The van der Waals surface area contributed by atoms with Crippen LogP contribution in [0.25, 0.3) is 0 Å². The van der Waals surface area contributed by atoms with Crippen molar-refractivity contribution in [3.63, 3.8) is 0 Å². The SMILES string of the molecule is CCNc1nc(C)cn1CCOC1CCCCC1. The molecule has 1 aliphatic rings. The lowest BCUT2D eigenvalue weighted by Gasteiger charge is -2.22. The van der Waals surface area contributed by atoms with Gasteiger partial charge in [0.1, 0.15) is 0 Å². The fourth-order valence-electron chi connectivity index (χ4n) is 2.57. The van der Waals surface area contributed by atoms with Crippen molar-refractivity contribution in [2.24, 2.45) is 0 Å². The van der Waals surface area contributed by atoms with E-state index in [-0.39, 0.29) is 0 Å². The minimum Gasteiger partial charge on any atom is -0.376 e. The van der Waals surface area contributed by atoms with Gasteiger partial charge in [-0.05, 0) is 26.7 Å². The predicted molar refractivity (Wildman–Crippen MR) is 74.0 cm³/mol. The molecule has 0 saturated heterocycles. The molecule has 4 nitrogen and oxygen atoms in total. The molecular weight excluding hydrogens is 226 g/mol. The van der Waals surface area contributed by atoms with E-state index < -0.39 is 0 Å². The molecule has 0 unspecified atom stereocenters. The highest BCUT2D eigenvalue weighted by Crippen LogP contribution is 2.20. The molecule has 1 aliphatic carbocycles. The van der Waals surface area contributed by atoms with Crippen LogP contribution in [-0.2, 0) is 11.3 Å². The maximum Gasteiger partial charge on any atom is 0.203 e. The zero-order valence-electron chi connectivity index (χ0n) is 11.6. The number of imidazole rings is 1. The second-order valence-corrected chi connectivity index (χ2v) is 5.06. The highest BCUT2D eigenvalue weighted by Gasteiger charge is 2.13. The molecule has 18 heavy (non-hydrogen) atoms. The molecule has 102 valence electrons. The molecule has 0 atom stereocenters. The van der Waals surface area contributed by atoms with Gasteiger partial charge in [-0.3, -0.25) is 0 Å². The van der Waals surface area contributed by atoms with Gasteiger partial charge < -0.3 is 14.6 Å². The van der Waals surface area contributed by atoms with Crippen molar-refractivity contribution in [3.05, 3.63) is 11.9 Å². The Morgan fingerprint density at radius 3 is 2.89 bits per heavy atom. The largest absolute Gasteiger partial charge is 0.376 e. The van der Waals surface area contributed by atoms with E-state index in [2.05, 4.69) is 28.0 Å². The van der Waals surface area contributed by atoms with Gasteiger partial charge in [0.25, 0.3) is 0 Å². The van der Waals surface area contributed by atoms with Crippen molar-refractivity contribution in [3.8, 4) is 0 Å². The molecule has 0 aromatic carbocycles. The van der Waals surface area contributed by atoms with Gasteiger partial charge in [-0.1, -0.05) is 19.3 Å². The van der Waals surface area contributed by atoms with Crippen molar-refractivity contribution in [2.45, 2.75) is 58.6 Å². The Hall–Kier alpha value is -1.03. The first-order valence-electron chi connectivity index (χ1n) is 7.19. The quantitative estimate of drug-likeness (QED) is 0.845. The van der Waals surface area contributed by atoms with Gasteiger partial charge in [-0.2, -0.15) is 0 Å². The Balaban J connectivity index is 1.78. The molecular formula is C14H25N3O. The minimum absolute atomic E-state index is 0.492. The summed E-state index contributed by atoms with van der Waals surface area (Å²) in [4.78, 5) is 4.46. The van der Waals surface area contributed by atoms with E-state index in [9.17, 15) is 0 Å². The average molecular weight is 251 g/mol. The molecule has 1 fully saturated rings. The summed E-state index contributed by atoms with van der Waals surface area (Å²) < 4.78 is 8.11. The molecule has 0 bridgehead atoms. The molecule has 0 aliphatic heterocycles. The van der Waals surface area contributed by atoms with Crippen LogP contribution in [-0.4, -0.2) is 28.8 Å². The van der Waals surface area contributed by atoms with E-state index in [1.807, 2.05) is 6.92 Å². The Morgan fingerprint density at radius 2 is 2.17 bits per heavy atom. The number of rotatable bonds is 6. The van der Waals surface area contributed by atoms with Crippen molar-refractivity contribution in [1.29, 1.82) is 0 Å². The zero-order chi connectivity index (χ0) is 12.8. The Bertz CT molecular complexity index is 356. The molecule has 0 amide bonds. The second kappa shape index (κ2) is 6.78. The van der Waals surface area contributed by atoms with Crippen LogP contribution >= 0.6 is 0 Å². The summed E-state index contributed by atoms with van der Waals surface area (Å²) in [5.41, 5.74) is 1.06. The van der Waals surface area contributed by atoms with Gasteiger partial charge in [0.15, 0.2) is 0 Å². The Kier molecular flexibility index (Phi) is 5.05. The Labute approximate surface area is 110 Å². The van der Waals surface area contributed by atoms with Gasteiger partial charge >= 0.3 is 0 Å². The Morgan fingerprint density at radius 1 is 1.39 bits per heavy atom. The van der Waals surface area contributed by atoms with Crippen LogP contribution in [0.1, 0.15) is 44.7 Å². The van der Waals surface area contributed by atoms with Gasteiger partial charge in [0.05, 0.1) is 18.4 Å². The first-order valence-corrected chi connectivity index (χ1v) is 7.19. The van der Waals surface area contributed by atoms with Gasteiger partial charge in [-0.25, -0.2) is 4.98 Å². The summed E-state index contributed by atoms with van der Waals surface area (Å²) in [5.74, 6) is 0.960. The summed E-state index contributed by atoms with van der Waals surface area (Å²) in [5, 5.41) is 3.28. The van der Waals surface area contributed by atoms with Gasteiger partial charge in [0.2, 0.25) is 5.95 Å². The first kappa shape index (κ1) is 13.4. The van der Waals surface area contributed by atoms with E-state index >= 15 is 0 Å². The van der Waals surface area contributed by atoms with Crippen molar-refractivity contribution in [1.82, 2.24) is 9.55 Å². The fourth-order valence-corrected chi connectivity index (χ4v) is 2.57. The molecule has 1 aromatic heterocycles. The van der Waals surface area contributed by atoms with Gasteiger partial charge in [-0.15, -0.1) is 0 Å². The third-order valence-electron chi connectivity index (χ3n) is 3.47. The van der Waals surface area contributed by atoms with Crippen LogP contribution < -0.4 is 5.32 Å². The highest BCUT2D eigenvalue weighted by atomic mass is 16.5. The molecule has 0 radical (unpaired) electrons. The van der Waals surface area contributed by atoms with Crippen LogP contribution in [0.2, 0.25) is 0 Å². The fraction of sp³-hybridized carbons (Fsp3) is 0.786. The van der Waals surface area contributed by atoms with E-state index in [0.717, 1.165) is 31.3 Å². The highest BCUT2D eigenvalue weighted by molar-refractivity contribution is 5.28. The lowest BCUT2D eigenvalue weighted by molar-refractivity contribution is 0.0242. The molecule has 1 aromatic rings. The maximum atomic E-state index is 5.95. The van der Waals surface area contributed by atoms with E-state index in [1.54, 1.807) is 0 Å². The number of ether oxygens (including phenoxy) is 1. The molecule has 1 saturated carbocycles. The third kappa shape index (κ3) is 3.73. The topological polar surface area (TPSA) is 39.1 Å². The lowest BCUT2D eigenvalue weighted by atomic mass is 9.98. The molecule has 1 heterocycles. The number of hydrogen-bond donors (Lipinski definition) is 1. The zero-order valence-corrected chi connectivity index (χ0v) is 11.6. The summed E-state index contributed by atoms with van der Waals surface area (Å²) in [6.45, 7) is 6.70. The number of nitrogens with one attached hydrogen (secondary N) is 1. The van der Waals surface area contributed by atoms with E-state index in [1.165, 1.54) is 32.1 Å². The number of aryl methyl sites for hydroxylation is 1. The van der Waals surface area contributed by atoms with Crippen molar-refractivity contribution < 1.29 is 4.74 Å². The van der Waals surface area contributed by atoms with Crippen LogP contribution in [0.4, 0.5) is 5.95 Å². The number of aromatic nitrogens is 2. The minimum atomic E-state index is 0.492. The van der Waals surface area contributed by atoms with Crippen LogP contribution in [0, 0.1) is 6.92 Å². The predicted octanol–water partition coefficient (Wildman–Crippen LogP) is 2.97. The summed E-state index contributed by atoms with van der Waals surface area (Å²) in [7, 11) is 0. The number of nitrogens with zero attached hydrogens (tertiary/aromatic N) is 2. The van der Waals surface area contributed by atoms with E-state index in [4.69, 9.17) is 4.74 Å². The molecule has 1 N–H and O–H groups in total. The lowest BCUT2D eigenvalue weighted by Crippen LogP contribution is -2.19. The van der Waals surface area contributed by atoms with E-state index in [0.29, 0.717) is 6.10 Å². The molecule has 2 rings (SSSR count). The number of hydrogen-bond acceptors (Lipinski definition) is 3. The van der Waals surface area contributed by atoms with Crippen LogP contribution in [0.3, 0.4) is 0 Å². The van der Waals surface area contributed by atoms with Crippen molar-refractivity contribution >= 4 is 5.95 Å². The second-order valence-electron chi connectivity index (χ2n) is 5.06. The first-order chi connectivity index (χ1) is 8.79. The molecule has 0 spiro atoms. The summed E-state index contributed by atoms with van der Waals surface area (Å²) >= 11 is 0. The standard InChI is InChI=1S/C14H25N3O/c1-3-15-14-16-12(2)11-17(14)9-10-18-13-7-5-4-6-8-13/h11,13H,3-10H2,1-2H3,(H,15,16). The van der Waals surface area contributed by atoms with Gasteiger partial charge in [0, 0.05) is 19.3 Å².